The normalized spacial score (nSPS) is 12.7. The quantitative estimate of drug-likeness (QED) is 0.708. The van der Waals surface area contributed by atoms with Crippen LogP contribution in [0.4, 0.5) is 5.69 Å². The van der Waals surface area contributed by atoms with Crippen LogP contribution in [0.25, 0.3) is 10.4 Å². The minimum atomic E-state index is -0.0836. The molecule has 2 aromatic carbocycles. The number of ether oxygens (including phenoxy) is 2. The number of para-hydroxylation sites is 1. The third-order valence-electron chi connectivity index (χ3n) is 4.30. The monoisotopic (exact) mass is 365 g/mol. The fraction of sp³-hybridized carbons (Fsp3) is 0.190. The SMILES string of the molecule is CCc1ccccc1NC(=O)c1ccc(-c2ccc3c(c2)OCCO3)s1. The lowest BCUT2D eigenvalue weighted by Gasteiger charge is -2.18. The largest absolute Gasteiger partial charge is 0.486 e. The van der Waals surface area contributed by atoms with Gasteiger partial charge in [-0.25, -0.2) is 0 Å². The van der Waals surface area contributed by atoms with Crippen molar-refractivity contribution in [1.29, 1.82) is 0 Å². The molecule has 132 valence electrons. The first-order valence-electron chi connectivity index (χ1n) is 8.63. The van der Waals surface area contributed by atoms with Gasteiger partial charge < -0.3 is 14.8 Å². The molecule has 4 nitrogen and oxygen atoms in total. The second-order valence-electron chi connectivity index (χ2n) is 5.99. The molecule has 1 aliphatic heterocycles. The van der Waals surface area contributed by atoms with Crippen LogP contribution >= 0.6 is 11.3 Å². The van der Waals surface area contributed by atoms with Crippen LogP contribution < -0.4 is 14.8 Å². The van der Waals surface area contributed by atoms with Crippen molar-refractivity contribution in [3.63, 3.8) is 0 Å². The zero-order chi connectivity index (χ0) is 17.9. The number of thiophene rings is 1. The Bertz CT molecular complexity index is 948. The van der Waals surface area contributed by atoms with Crippen LogP contribution in [-0.2, 0) is 6.42 Å². The molecule has 2 heterocycles. The topological polar surface area (TPSA) is 47.6 Å². The molecule has 1 aliphatic rings. The number of anilines is 1. The Hall–Kier alpha value is -2.79. The molecule has 26 heavy (non-hydrogen) atoms. The summed E-state index contributed by atoms with van der Waals surface area (Å²) in [7, 11) is 0. The van der Waals surface area contributed by atoms with Gasteiger partial charge in [0.25, 0.3) is 5.91 Å². The van der Waals surface area contributed by atoms with Gasteiger partial charge >= 0.3 is 0 Å². The number of amides is 1. The van der Waals surface area contributed by atoms with E-state index in [1.165, 1.54) is 11.3 Å². The lowest BCUT2D eigenvalue weighted by atomic mass is 10.1. The van der Waals surface area contributed by atoms with Gasteiger partial charge in [0.1, 0.15) is 13.2 Å². The maximum Gasteiger partial charge on any atom is 0.265 e. The van der Waals surface area contributed by atoms with E-state index in [-0.39, 0.29) is 5.91 Å². The molecule has 4 rings (SSSR count). The molecule has 0 radical (unpaired) electrons. The highest BCUT2D eigenvalue weighted by Crippen LogP contribution is 2.37. The van der Waals surface area contributed by atoms with Crippen molar-refractivity contribution in [2.24, 2.45) is 0 Å². The van der Waals surface area contributed by atoms with Gasteiger partial charge in [0.05, 0.1) is 4.88 Å². The number of hydrogen-bond donors (Lipinski definition) is 1. The lowest BCUT2D eigenvalue weighted by molar-refractivity contribution is 0.103. The van der Waals surface area contributed by atoms with Gasteiger partial charge in [-0.3, -0.25) is 4.79 Å². The van der Waals surface area contributed by atoms with Crippen LogP contribution in [0.2, 0.25) is 0 Å². The van der Waals surface area contributed by atoms with Crippen LogP contribution in [0.5, 0.6) is 11.5 Å². The zero-order valence-electron chi connectivity index (χ0n) is 14.5. The van der Waals surface area contributed by atoms with Crippen molar-refractivity contribution in [2.75, 3.05) is 18.5 Å². The maximum absolute atomic E-state index is 12.6. The van der Waals surface area contributed by atoms with Gasteiger partial charge in [-0.2, -0.15) is 0 Å². The molecule has 0 aliphatic carbocycles. The first kappa shape index (κ1) is 16.7. The molecule has 0 bridgehead atoms. The molecule has 1 N–H and O–H groups in total. The van der Waals surface area contributed by atoms with E-state index in [1.54, 1.807) is 0 Å². The second kappa shape index (κ2) is 7.22. The van der Waals surface area contributed by atoms with E-state index in [9.17, 15) is 4.79 Å². The lowest BCUT2D eigenvalue weighted by Crippen LogP contribution is -2.15. The summed E-state index contributed by atoms with van der Waals surface area (Å²) in [5, 5.41) is 3.02. The van der Waals surface area contributed by atoms with Crippen molar-refractivity contribution >= 4 is 22.9 Å². The van der Waals surface area contributed by atoms with Gasteiger partial charge in [-0.1, -0.05) is 25.1 Å². The maximum atomic E-state index is 12.6. The Morgan fingerprint density at radius 2 is 1.85 bits per heavy atom. The predicted octanol–water partition coefficient (Wildman–Crippen LogP) is 5.00. The zero-order valence-corrected chi connectivity index (χ0v) is 15.3. The number of aryl methyl sites for hydroxylation is 1. The van der Waals surface area contributed by atoms with Crippen molar-refractivity contribution in [3.05, 3.63) is 65.0 Å². The average Bonchev–Trinajstić information content (AvgIpc) is 3.18. The van der Waals surface area contributed by atoms with Crippen LogP contribution in [0.15, 0.2) is 54.6 Å². The molecule has 0 atom stereocenters. The summed E-state index contributed by atoms with van der Waals surface area (Å²) in [5.41, 5.74) is 3.02. The van der Waals surface area contributed by atoms with E-state index in [1.807, 2.05) is 54.6 Å². The summed E-state index contributed by atoms with van der Waals surface area (Å²) in [6.45, 7) is 3.22. The highest BCUT2D eigenvalue weighted by molar-refractivity contribution is 7.17. The molecule has 0 saturated heterocycles. The summed E-state index contributed by atoms with van der Waals surface area (Å²) < 4.78 is 11.2. The number of carbonyl (C=O) groups is 1. The number of benzene rings is 2. The number of nitrogens with one attached hydrogen (secondary N) is 1. The molecule has 1 aromatic heterocycles. The van der Waals surface area contributed by atoms with Crippen LogP contribution in [0, 0.1) is 0 Å². The van der Waals surface area contributed by atoms with Crippen molar-refractivity contribution in [3.8, 4) is 21.9 Å². The first-order chi connectivity index (χ1) is 12.7. The number of fused-ring (bicyclic) bond motifs is 1. The predicted molar refractivity (Wildman–Crippen MR) is 105 cm³/mol. The molecule has 1 amide bonds. The second-order valence-corrected chi connectivity index (χ2v) is 7.07. The smallest absolute Gasteiger partial charge is 0.265 e. The van der Waals surface area contributed by atoms with Crippen LogP contribution in [0.1, 0.15) is 22.2 Å². The Balaban J connectivity index is 1.55. The molecule has 3 aromatic rings. The summed E-state index contributed by atoms with van der Waals surface area (Å²) >= 11 is 1.47. The Kier molecular flexibility index (Phi) is 4.63. The van der Waals surface area contributed by atoms with E-state index < -0.39 is 0 Å². The minimum absolute atomic E-state index is 0.0836. The minimum Gasteiger partial charge on any atom is -0.486 e. The van der Waals surface area contributed by atoms with Crippen LogP contribution in [-0.4, -0.2) is 19.1 Å². The third kappa shape index (κ3) is 3.30. The number of rotatable bonds is 4. The highest BCUT2D eigenvalue weighted by atomic mass is 32.1. The van der Waals surface area contributed by atoms with E-state index in [4.69, 9.17) is 9.47 Å². The standard InChI is InChI=1S/C21H19NO3S/c1-2-14-5-3-4-6-16(14)22-21(23)20-10-9-19(26-20)15-7-8-17-18(13-15)25-12-11-24-17/h3-10,13H,2,11-12H2,1H3,(H,22,23). The summed E-state index contributed by atoms with van der Waals surface area (Å²) in [6.07, 6.45) is 0.878. The van der Waals surface area contributed by atoms with E-state index in [0.29, 0.717) is 18.1 Å². The Morgan fingerprint density at radius 3 is 2.69 bits per heavy atom. The number of hydrogen-bond acceptors (Lipinski definition) is 4. The average molecular weight is 365 g/mol. The van der Waals surface area contributed by atoms with Crippen LogP contribution in [0.3, 0.4) is 0 Å². The fourth-order valence-corrected chi connectivity index (χ4v) is 3.84. The summed E-state index contributed by atoms with van der Waals surface area (Å²) in [5.74, 6) is 1.44. The molecule has 0 saturated carbocycles. The molecule has 5 heteroatoms. The molecular weight excluding hydrogens is 346 g/mol. The van der Waals surface area contributed by atoms with Gasteiger partial charge in [0.15, 0.2) is 11.5 Å². The first-order valence-corrected chi connectivity index (χ1v) is 9.45. The molecule has 0 spiro atoms. The van der Waals surface area contributed by atoms with E-state index in [0.717, 1.165) is 39.6 Å². The van der Waals surface area contributed by atoms with Crippen molar-refractivity contribution in [2.45, 2.75) is 13.3 Å². The van der Waals surface area contributed by atoms with Crippen molar-refractivity contribution in [1.82, 2.24) is 0 Å². The highest BCUT2D eigenvalue weighted by Gasteiger charge is 2.15. The Labute approximate surface area is 156 Å². The Morgan fingerprint density at radius 1 is 1.04 bits per heavy atom. The molecular formula is C21H19NO3S. The summed E-state index contributed by atoms with van der Waals surface area (Å²) in [6, 6.07) is 17.6. The molecule has 0 unspecified atom stereocenters. The third-order valence-corrected chi connectivity index (χ3v) is 5.44. The van der Waals surface area contributed by atoms with Gasteiger partial charge in [-0.05, 0) is 53.9 Å². The fourth-order valence-electron chi connectivity index (χ4n) is 2.95. The number of carbonyl (C=O) groups excluding carboxylic acids is 1. The van der Waals surface area contributed by atoms with E-state index in [2.05, 4.69) is 12.2 Å². The van der Waals surface area contributed by atoms with E-state index >= 15 is 0 Å². The van der Waals surface area contributed by atoms with Crippen molar-refractivity contribution < 1.29 is 14.3 Å². The van der Waals surface area contributed by atoms with Gasteiger partial charge in [0, 0.05) is 10.6 Å². The van der Waals surface area contributed by atoms with Gasteiger partial charge in [-0.15, -0.1) is 11.3 Å². The van der Waals surface area contributed by atoms with Gasteiger partial charge in [0.2, 0.25) is 0 Å². The molecule has 0 fully saturated rings. The summed E-state index contributed by atoms with van der Waals surface area (Å²) in [4.78, 5) is 14.3.